The van der Waals surface area contributed by atoms with Gasteiger partial charge in [-0.05, 0) is 35.7 Å². The van der Waals surface area contributed by atoms with Crippen molar-refractivity contribution in [3.05, 3.63) is 48.0 Å². The van der Waals surface area contributed by atoms with Gasteiger partial charge in [-0.2, -0.15) is 0 Å². The minimum absolute atomic E-state index is 0.0776. The van der Waals surface area contributed by atoms with Crippen LogP contribution in [0.1, 0.15) is 37.0 Å². The first kappa shape index (κ1) is 19.4. The van der Waals surface area contributed by atoms with Gasteiger partial charge in [0.1, 0.15) is 6.54 Å². The fraction of sp³-hybridized carbons (Fsp3) is 0.350. The third kappa shape index (κ3) is 5.58. The number of amides is 2. The zero-order valence-electron chi connectivity index (χ0n) is 15.1. The molecule has 0 aliphatic carbocycles. The summed E-state index contributed by atoms with van der Waals surface area (Å²) >= 11 is 0. The number of fused-ring (bicyclic) bond motifs is 1. The van der Waals surface area contributed by atoms with Crippen LogP contribution in [-0.4, -0.2) is 37.0 Å². The maximum Gasteiger partial charge on any atom is 0.325 e. The molecule has 2 N–H and O–H groups in total. The molecule has 6 nitrogen and oxygen atoms in total. The Hall–Kier alpha value is -2.89. The lowest BCUT2D eigenvalue weighted by Gasteiger charge is -2.14. The van der Waals surface area contributed by atoms with Crippen molar-refractivity contribution < 1.29 is 19.1 Å². The van der Waals surface area contributed by atoms with Crippen LogP contribution in [0.25, 0.3) is 10.8 Å². The Kier molecular flexibility index (Phi) is 7.14. The molecule has 2 amide bonds. The molecule has 0 fully saturated rings. The molecule has 0 atom stereocenters. The predicted molar refractivity (Wildman–Crippen MR) is 99.8 cm³/mol. The molecule has 138 valence electrons. The van der Waals surface area contributed by atoms with Crippen LogP contribution >= 0.6 is 0 Å². The van der Waals surface area contributed by atoms with Crippen LogP contribution < -0.4 is 10.6 Å². The fourth-order valence-corrected chi connectivity index (χ4v) is 2.54. The molecule has 0 bridgehead atoms. The van der Waals surface area contributed by atoms with Gasteiger partial charge >= 0.3 is 5.97 Å². The lowest BCUT2D eigenvalue weighted by Crippen LogP contribution is -2.38. The summed E-state index contributed by atoms with van der Waals surface area (Å²) in [6.07, 6.45) is 1.63. The summed E-state index contributed by atoms with van der Waals surface area (Å²) in [5.41, 5.74) is 0.461. The van der Waals surface area contributed by atoms with E-state index in [-0.39, 0.29) is 31.0 Å². The second-order valence-corrected chi connectivity index (χ2v) is 5.99. The smallest absolute Gasteiger partial charge is 0.325 e. The van der Waals surface area contributed by atoms with Crippen molar-refractivity contribution in [2.45, 2.75) is 32.7 Å². The monoisotopic (exact) mass is 356 g/mol. The number of esters is 1. The number of nitrogens with one attached hydrogen (secondary N) is 2. The van der Waals surface area contributed by atoms with Crippen LogP contribution in [0.4, 0.5) is 0 Å². The molecule has 0 aromatic heterocycles. The molecule has 0 saturated carbocycles. The Morgan fingerprint density at radius 2 is 1.69 bits per heavy atom. The van der Waals surface area contributed by atoms with E-state index < -0.39 is 5.97 Å². The van der Waals surface area contributed by atoms with Crippen molar-refractivity contribution in [1.29, 1.82) is 0 Å². The molecule has 0 spiro atoms. The number of carbonyl (C=O) groups is 3. The minimum atomic E-state index is -0.654. The largest absolute Gasteiger partial charge is 0.454 e. The third-order valence-electron chi connectivity index (χ3n) is 4.12. The molecule has 0 saturated heterocycles. The zero-order valence-corrected chi connectivity index (χ0v) is 15.1. The van der Waals surface area contributed by atoms with Crippen molar-refractivity contribution in [3.63, 3.8) is 0 Å². The summed E-state index contributed by atoms with van der Waals surface area (Å²) in [7, 11) is 0. The van der Waals surface area contributed by atoms with Crippen LogP contribution in [-0.2, 0) is 14.3 Å². The van der Waals surface area contributed by atoms with Gasteiger partial charge in [-0.3, -0.25) is 14.4 Å². The number of benzene rings is 2. The normalized spacial score (nSPS) is 10.6. The Morgan fingerprint density at radius 3 is 2.38 bits per heavy atom. The van der Waals surface area contributed by atoms with Crippen LogP contribution in [0.2, 0.25) is 0 Å². The maximum atomic E-state index is 12.2. The number of ether oxygens (including phenoxy) is 1. The Balaban J connectivity index is 1.79. The van der Waals surface area contributed by atoms with E-state index in [1.54, 1.807) is 12.1 Å². The molecular formula is C20H24N2O4. The number of carbonyl (C=O) groups excluding carboxylic acids is 3. The highest BCUT2D eigenvalue weighted by molar-refractivity contribution is 5.99. The second-order valence-electron chi connectivity index (χ2n) is 5.99. The molecule has 26 heavy (non-hydrogen) atoms. The van der Waals surface area contributed by atoms with Gasteiger partial charge < -0.3 is 15.4 Å². The quantitative estimate of drug-likeness (QED) is 0.712. The van der Waals surface area contributed by atoms with Crippen molar-refractivity contribution in [2.75, 3.05) is 13.2 Å². The lowest BCUT2D eigenvalue weighted by atomic mass is 10.1. The predicted octanol–water partition coefficient (Wildman–Crippen LogP) is 2.42. The van der Waals surface area contributed by atoms with Gasteiger partial charge in [-0.15, -0.1) is 0 Å². The van der Waals surface area contributed by atoms with E-state index in [1.807, 2.05) is 44.2 Å². The molecule has 2 aromatic rings. The van der Waals surface area contributed by atoms with E-state index in [2.05, 4.69) is 10.6 Å². The molecule has 2 rings (SSSR count). The fourth-order valence-electron chi connectivity index (χ4n) is 2.54. The van der Waals surface area contributed by atoms with Gasteiger partial charge in [0.05, 0.1) is 0 Å². The third-order valence-corrected chi connectivity index (χ3v) is 4.12. The van der Waals surface area contributed by atoms with Crippen LogP contribution in [0, 0.1) is 0 Å². The average molecular weight is 356 g/mol. The highest BCUT2D eigenvalue weighted by Gasteiger charge is 2.13. The highest BCUT2D eigenvalue weighted by Crippen LogP contribution is 2.15. The highest BCUT2D eigenvalue weighted by atomic mass is 16.5. The SMILES string of the molecule is CCC(CC)NC(=O)COC(=O)CNC(=O)c1ccc2ccccc2c1. The van der Waals surface area contributed by atoms with E-state index in [9.17, 15) is 14.4 Å². The van der Waals surface area contributed by atoms with Gasteiger partial charge in [0.25, 0.3) is 11.8 Å². The second kappa shape index (κ2) is 9.56. The summed E-state index contributed by atoms with van der Waals surface area (Å²) in [4.78, 5) is 35.5. The van der Waals surface area contributed by atoms with Gasteiger partial charge in [0.15, 0.2) is 6.61 Å². The molecule has 0 aliphatic rings. The molecular weight excluding hydrogens is 332 g/mol. The van der Waals surface area contributed by atoms with Crippen molar-refractivity contribution in [3.8, 4) is 0 Å². The van der Waals surface area contributed by atoms with Crippen molar-refractivity contribution >= 4 is 28.6 Å². The van der Waals surface area contributed by atoms with Crippen LogP contribution in [0.5, 0.6) is 0 Å². The summed E-state index contributed by atoms with van der Waals surface area (Å²) in [6, 6.07) is 13.1. The van der Waals surface area contributed by atoms with E-state index >= 15 is 0 Å². The topological polar surface area (TPSA) is 84.5 Å². The Morgan fingerprint density at radius 1 is 1.00 bits per heavy atom. The maximum absolute atomic E-state index is 12.2. The van der Waals surface area contributed by atoms with Crippen molar-refractivity contribution in [1.82, 2.24) is 10.6 Å². The number of rotatable bonds is 8. The van der Waals surface area contributed by atoms with Crippen molar-refractivity contribution in [2.24, 2.45) is 0 Å². The van der Waals surface area contributed by atoms with E-state index in [0.29, 0.717) is 5.56 Å². The van der Waals surface area contributed by atoms with E-state index in [4.69, 9.17) is 4.74 Å². The first-order valence-corrected chi connectivity index (χ1v) is 8.75. The van der Waals surface area contributed by atoms with Gasteiger partial charge in [-0.25, -0.2) is 0 Å². The summed E-state index contributed by atoms with van der Waals surface area (Å²) in [5, 5.41) is 7.26. The Bertz CT molecular complexity index is 784. The van der Waals surface area contributed by atoms with E-state index in [1.165, 1.54) is 0 Å². The van der Waals surface area contributed by atoms with Gasteiger partial charge in [0, 0.05) is 11.6 Å². The lowest BCUT2D eigenvalue weighted by molar-refractivity contribution is -0.147. The number of hydrogen-bond donors (Lipinski definition) is 2. The van der Waals surface area contributed by atoms with Gasteiger partial charge in [-0.1, -0.05) is 44.2 Å². The molecule has 0 heterocycles. The molecule has 6 heteroatoms. The molecule has 0 aliphatic heterocycles. The average Bonchev–Trinajstić information content (AvgIpc) is 2.68. The number of hydrogen-bond acceptors (Lipinski definition) is 4. The molecule has 0 radical (unpaired) electrons. The molecule has 0 unspecified atom stereocenters. The Labute approximate surface area is 152 Å². The van der Waals surface area contributed by atoms with Crippen LogP contribution in [0.3, 0.4) is 0 Å². The summed E-state index contributed by atoms with van der Waals surface area (Å²) in [6.45, 7) is 3.32. The van der Waals surface area contributed by atoms with Crippen LogP contribution in [0.15, 0.2) is 42.5 Å². The van der Waals surface area contributed by atoms with Gasteiger partial charge in [0.2, 0.25) is 0 Å². The summed E-state index contributed by atoms with van der Waals surface area (Å²) < 4.78 is 4.88. The first-order chi connectivity index (χ1) is 12.5. The van der Waals surface area contributed by atoms with E-state index in [0.717, 1.165) is 23.6 Å². The molecule has 2 aromatic carbocycles. The first-order valence-electron chi connectivity index (χ1n) is 8.75. The summed E-state index contributed by atoms with van der Waals surface area (Å²) in [5.74, 6) is -1.36. The standard InChI is InChI=1S/C20H24N2O4/c1-3-17(4-2)22-18(23)13-26-19(24)12-21-20(25)16-10-9-14-7-5-6-8-15(14)11-16/h5-11,17H,3-4,12-13H2,1-2H3,(H,21,25)(H,22,23). The minimum Gasteiger partial charge on any atom is -0.454 e. The zero-order chi connectivity index (χ0) is 18.9.